The van der Waals surface area contributed by atoms with Crippen molar-refractivity contribution in [2.24, 2.45) is 5.41 Å². The Morgan fingerprint density at radius 3 is 2.38 bits per heavy atom. The van der Waals surface area contributed by atoms with Crippen LogP contribution in [0.1, 0.15) is 13.8 Å². The van der Waals surface area contributed by atoms with Gasteiger partial charge >= 0.3 is 11.9 Å². The van der Waals surface area contributed by atoms with Gasteiger partial charge in [0.1, 0.15) is 12.7 Å². The summed E-state index contributed by atoms with van der Waals surface area (Å²) in [5, 5.41) is 46.7. The number of esters is 2. The molecule has 1 aliphatic rings. The van der Waals surface area contributed by atoms with Crippen LogP contribution in [0.25, 0.3) is 0 Å². The third-order valence-electron chi connectivity index (χ3n) is 3.06. The van der Waals surface area contributed by atoms with Gasteiger partial charge < -0.3 is 35.0 Å². The average molecular weight is 306 g/mol. The Balaban J connectivity index is 2.57. The highest BCUT2D eigenvalue weighted by Crippen LogP contribution is 2.23. The number of cyclic esters (lactones) is 1. The first-order valence-electron chi connectivity index (χ1n) is 6.08. The Morgan fingerprint density at radius 1 is 1.38 bits per heavy atom. The summed E-state index contributed by atoms with van der Waals surface area (Å²) >= 11 is 0. The molecule has 9 nitrogen and oxygen atoms in total. The van der Waals surface area contributed by atoms with E-state index in [9.17, 15) is 24.9 Å². The van der Waals surface area contributed by atoms with Crippen LogP contribution in [-0.2, 0) is 19.1 Å². The third kappa shape index (κ3) is 3.63. The Labute approximate surface area is 120 Å². The van der Waals surface area contributed by atoms with E-state index in [0.29, 0.717) is 0 Å². The fourth-order valence-corrected chi connectivity index (χ4v) is 1.47. The van der Waals surface area contributed by atoms with Crippen LogP contribution in [0, 0.1) is 5.41 Å². The molecule has 0 radical (unpaired) electrons. The zero-order valence-electron chi connectivity index (χ0n) is 11.5. The van der Waals surface area contributed by atoms with Gasteiger partial charge in [-0.15, -0.1) is 0 Å². The molecule has 0 aromatic carbocycles. The number of ether oxygens (including phenoxy) is 2. The van der Waals surface area contributed by atoms with E-state index in [4.69, 9.17) is 10.2 Å². The van der Waals surface area contributed by atoms with Crippen molar-refractivity contribution in [2.75, 3.05) is 13.2 Å². The highest BCUT2D eigenvalue weighted by Gasteiger charge is 2.40. The van der Waals surface area contributed by atoms with Gasteiger partial charge in [0, 0.05) is 5.41 Å². The highest BCUT2D eigenvalue weighted by molar-refractivity contribution is 5.89. The van der Waals surface area contributed by atoms with Gasteiger partial charge in [0.25, 0.3) is 0 Å². The fraction of sp³-hybridized carbons (Fsp3) is 0.667. The normalized spacial score (nSPS) is 22.0. The topological polar surface area (TPSA) is 154 Å². The number of aliphatic hydroxyl groups excluding tert-OH is 5. The van der Waals surface area contributed by atoms with Crippen molar-refractivity contribution in [3.63, 3.8) is 0 Å². The maximum absolute atomic E-state index is 11.6. The highest BCUT2D eigenvalue weighted by atomic mass is 16.6. The zero-order chi connectivity index (χ0) is 16.4. The molecule has 120 valence electrons. The lowest BCUT2D eigenvalue weighted by Gasteiger charge is -2.27. The molecule has 3 atom stereocenters. The van der Waals surface area contributed by atoms with Gasteiger partial charge in [-0.05, 0) is 0 Å². The molecule has 0 aromatic rings. The van der Waals surface area contributed by atoms with Crippen molar-refractivity contribution in [3.05, 3.63) is 11.5 Å². The molecule has 9 heteroatoms. The summed E-state index contributed by atoms with van der Waals surface area (Å²) in [6.45, 7) is 1.71. The monoisotopic (exact) mass is 306 g/mol. The van der Waals surface area contributed by atoms with Crippen molar-refractivity contribution in [1.82, 2.24) is 0 Å². The Morgan fingerprint density at radius 2 is 1.95 bits per heavy atom. The van der Waals surface area contributed by atoms with E-state index in [1.54, 1.807) is 0 Å². The van der Waals surface area contributed by atoms with Gasteiger partial charge in [-0.3, -0.25) is 0 Å². The van der Waals surface area contributed by atoms with Crippen LogP contribution < -0.4 is 0 Å². The second-order valence-electron chi connectivity index (χ2n) is 5.31. The predicted molar refractivity (Wildman–Crippen MR) is 66.0 cm³/mol. The van der Waals surface area contributed by atoms with Crippen molar-refractivity contribution < 1.29 is 44.6 Å². The van der Waals surface area contributed by atoms with Crippen LogP contribution >= 0.6 is 0 Å². The Bertz CT molecular complexity index is 454. The zero-order valence-corrected chi connectivity index (χ0v) is 11.5. The van der Waals surface area contributed by atoms with Crippen molar-refractivity contribution in [3.8, 4) is 0 Å². The van der Waals surface area contributed by atoms with Gasteiger partial charge in [-0.2, -0.15) is 0 Å². The first-order valence-corrected chi connectivity index (χ1v) is 6.08. The SMILES string of the molecule is CC(C)(CO)[C@@H](O)C(=O)OC[C@@H](O)[C@H]1OC(=O)C(O)=C1O. The number of hydrogen-bond acceptors (Lipinski definition) is 9. The summed E-state index contributed by atoms with van der Waals surface area (Å²) in [7, 11) is 0. The quantitative estimate of drug-likeness (QED) is 0.370. The molecule has 1 heterocycles. The van der Waals surface area contributed by atoms with Crippen molar-refractivity contribution in [1.29, 1.82) is 0 Å². The lowest BCUT2D eigenvalue weighted by Crippen LogP contribution is -2.42. The molecule has 1 rings (SSSR count). The largest absolute Gasteiger partial charge is 0.505 e. The molecular formula is C12H18O9. The van der Waals surface area contributed by atoms with E-state index < -0.39 is 60.4 Å². The Hall–Kier alpha value is -1.84. The molecular weight excluding hydrogens is 288 g/mol. The first-order chi connectivity index (χ1) is 9.61. The molecule has 0 saturated heterocycles. The minimum absolute atomic E-state index is 0.469. The first kappa shape index (κ1) is 17.2. The lowest BCUT2D eigenvalue weighted by atomic mass is 9.88. The molecule has 0 aliphatic carbocycles. The number of hydrogen-bond donors (Lipinski definition) is 5. The van der Waals surface area contributed by atoms with Crippen molar-refractivity contribution >= 4 is 11.9 Å². The third-order valence-corrected chi connectivity index (χ3v) is 3.06. The molecule has 0 amide bonds. The van der Waals surface area contributed by atoms with Gasteiger partial charge in [0.15, 0.2) is 18.0 Å². The second-order valence-corrected chi connectivity index (χ2v) is 5.31. The van der Waals surface area contributed by atoms with Gasteiger partial charge in [0.05, 0.1) is 6.61 Å². The predicted octanol–water partition coefficient (Wildman–Crippen LogP) is -1.48. The maximum Gasteiger partial charge on any atom is 0.377 e. The summed E-state index contributed by atoms with van der Waals surface area (Å²) in [6.07, 6.45) is -4.79. The van der Waals surface area contributed by atoms with E-state index >= 15 is 0 Å². The van der Waals surface area contributed by atoms with Crippen LogP contribution in [0.3, 0.4) is 0 Å². The minimum atomic E-state index is -1.63. The molecule has 0 unspecified atom stereocenters. The van der Waals surface area contributed by atoms with E-state index in [1.165, 1.54) is 13.8 Å². The standard InChI is InChI=1S/C12H18O9/c1-12(2,4-13)9(17)11(19)20-3-5(14)8-6(15)7(16)10(18)21-8/h5,8-9,13-17H,3-4H2,1-2H3/t5-,8-,9+/m1/s1. The second kappa shape index (κ2) is 6.29. The van der Waals surface area contributed by atoms with E-state index in [0.717, 1.165) is 0 Å². The molecule has 0 aromatic heterocycles. The summed E-state index contributed by atoms with van der Waals surface area (Å²) in [5.41, 5.74) is -1.14. The summed E-state index contributed by atoms with van der Waals surface area (Å²) < 4.78 is 9.10. The van der Waals surface area contributed by atoms with E-state index in [2.05, 4.69) is 9.47 Å². The van der Waals surface area contributed by atoms with Crippen LogP contribution in [0.5, 0.6) is 0 Å². The molecule has 0 fully saturated rings. The molecule has 0 spiro atoms. The average Bonchev–Trinajstić information content (AvgIpc) is 2.71. The molecule has 21 heavy (non-hydrogen) atoms. The number of aliphatic hydroxyl groups is 5. The maximum atomic E-state index is 11.6. The van der Waals surface area contributed by atoms with Gasteiger partial charge in [-0.25, -0.2) is 9.59 Å². The molecule has 5 N–H and O–H groups in total. The molecule has 1 aliphatic heterocycles. The number of carbonyl (C=O) groups excluding carboxylic acids is 2. The fourth-order valence-electron chi connectivity index (χ4n) is 1.47. The summed E-state index contributed by atoms with van der Waals surface area (Å²) in [5.74, 6) is -4.18. The molecule has 0 saturated carbocycles. The van der Waals surface area contributed by atoms with Crippen LogP contribution in [0.2, 0.25) is 0 Å². The number of rotatable bonds is 6. The van der Waals surface area contributed by atoms with Crippen molar-refractivity contribution in [2.45, 2.75) is 32.2 Å². The van der Waals surface area contributed by atoms with Gasteiger partial charge in [-0.1, -0.05) is 13.8 Å². The van der Waals surface area contributed by atoms with Crippen LogP contribution in [0.4, 0.5) is 0 Å². The molecule has 0 bridgehead atoms. The summed E-state index contributed by atoms with van der Waals surface area (Å²) in [6, 6.07) is 0. The van der Waals surface area contributed by atoms with Crippen LogP contribution in [-0.4, -0.2) is 69.0 Å². The Kier molecular flexibility index (Phi) is 5.15. The summed E-state index contributed by atoms with van der Waals surface area (Å²) in [4.78, 5) is 22.5. The van der Waals surface area contributed by atoms with Gasteiger partial charge in [0.2, 0.25) is 5.76 Å². The number of carbonyl (C=O) groups is 2. The van der Waals surface area contributed by atoms with E-state index in [-0.39, 0.29) is 0 Å². The van der Waals surface area contributed by atoms with Crippen LogP contribution in [0.15, 0.2) is 11.5 Å². The lowest BCUT2D eigenvalue weighted by molar-refractivity contribution is -0.168. The van der Waals surface area contributed by atoms with E-state index in [1.807, 2.05) is 0 Å². The minimum Gasteiger partial charge on any atom is -0.505 e. The smallest absolute Gasteiger partial charge is 0.377 e.